The Hall–Kier alpha value is -2.63. The average molecular weight is 327 g/mol. The molecule has 0 unspecified atom stereocenters. The second-order valence-corrected chi connectivity index (χ2v) is 5.25. The minimum absolute atomic E-state index is 0.569. The van der Waals surface area contributed by atoms with Crippen molar-refractivity contribution < 1.29 is 4.52 Å². The number of aromatic nitrogens is 2. The van der Waals surface area contributed by atoms with Gasteiger partial charge in [0.05, 0.1) is 0 Å². The van der Waals surface area contributed by atoms with Gasteiger partial charge in [0, 0.05) is 31.6 Å². The molecule has 6 heteroatoms. The second-order valence-electron chi connectivity index (χ2n) is 5.25. The molecular weight excluding hydrogens is 302 g/mol. The molecule has 0 atom stereocenters. The van der Waals surface area contributed by atoms with Crippen LogP contribution in [-0.2, 0) is 12.8 Å². The summed E-state index contributed by atoms with van der Waals surface area (Å²) < 4.78 is 5.25. The van der Waals surface area contributed by atoms with Crippen molar-refractivity contribution in [1.82, 2.24) is 20.8 Å². The number of nitrogens with zero attached hydrogens (tertiary/aromatic N) is 3. The van der Waals surface area contributed by atoms with E-state index >= 15 is 0 Å². The highest BCUT2D eigenvalue weighted by Crippen LogP contribution is 2.18. The molecular formula is C18H25N5O. The van der Waals surface area contributed by atoms with Crippen molar-refractivity contribution in [2.24, 2.45) is 4.99 Å². The van der Waals surface area contributed by atoms with E-state index in [1.807, 2.05) is 32.1 Å². The van der Waals surface area contributed by atoms with Crippen molar-refractivity contribution in [3.8, 4) is 11.5 Å². The Morgan fingerprint density at radius 2 is 2.04 bits per heavy atom. The van der Waals surface area contributed by atoms with E-state index < -0.39 is 0 Å². The first-order chi connectivity index (χ1) is 11.8. The maximum Gasteiger partial charge on any atom is 0.257 e. The van der Waals surface area contributed by atoms with E-state index in [-0.39, 0.29) is 0 Å². The number of hydrogen-bond acceptors (Lipinski definition) is 4. The standard InChI is InChI=1S/C18H25N5O/c1-4-12-20-18(19-6-3)21-13-11-14-7-9-15(10-8-14)17-22-16(5-2)23-24-17/h4,7-10H,1,5-6,11-13H2,2-3H3,(H2,19,20,21). The van der Waals surface area contributed by atoms with E-state index in [9.17, 15) is 0 Å². The van der Waals surface area contributed by atoms with Crippen LogP contribution >= 0.6 is 0 Å². The number of nitrogens with one attached hydrogen (secondary N) is 2. The Kier molecular flexibility index (Phi) is 7.01. The molecule has 2 aromatic rings. The van der Waals surface area contributed by atoms with E-state index in [2.05, 4.69) is 44.5 Å². The van der Waals surface area contributed by atoms with E-state index in [1.54, 1.807) is 0 Å². The van der Waals surface area contributed by atoms with Gasteiger partial charge in [-0.05, 0) is 31.0 Å². The lowest BCUT2D eigenvalue weighted by Crippen LogP contribution is -2.37. The monoisotopic (exact) mass is 327 g/mol. The van der Waals surface area contributed by atoms with Crippen LogP contribution in [0.15, 0.2) is 46.4 Å². The normalized spacial score (nSPS) is 11.3. The van der Waals surface area contributed by atoms with Crippen molar-refractivity contribution in [3.63, 3.8) is 0 Å². The fourth-order valence-corrected chi connectivity index (χ4v) is 2.14. The van der Waals surface area contributed by atoms with Crippen molar-refractivity contribution in [2.75, 3.05) is 19.6 Å². The Bertz CT molecular complexity index is 660. The Morgan fingerprint density at radius 1 is 1.25 bits per heavy atom. The van der Waals surface area contributed by atoms with Gasteiger partial charge in [-0.25, -0.2) is 0 Å². The molecule has 1 heterocycles. The molecule has 0 bridgehead atoms. The quantitative estimate of drug-likeness (QED) is 0.443. The van der Waals surface area contributed by atoms with Crippen LogP contribution in [0.5, 0.6) is 0 Å². The van der Waals surface area contributed by atoms with Gasteiger partial charge in [0.2, 0.25) is 0 Å². The van der Waals surface area contributed by atoms with Gasteiger partial charge in [0.25, 0.3) is 5.89 Å². The number of hydrogen-bond donors (Lipinski definition) is 2. The Morgan fingerprint density at radius 3 is 2.67 bits per heavy atom. The Balaban J connectivity index is 1.92. The summed E-state index contributed by atoms with van der Waals surface area (Å²) in [7, 11) is 0. The van der Waals surface area contributed by atoms with Gasteiger partial charge in [0.1, 0.15) is 0 Å². The van der Waals surface area contributed by atoms with Gasteiger partial charge in [-0.15, -0.1) is 6.58 Å². The summed E-state index contributed by atoms with van der Waals surface area (Å²) in [6, 6.07) is 8.16. The third-order valence-corrected chi connectivity index (χ3v) is 3.41. The van der Waals surface area contributed by atoms with Gasteiger partial charge in [-0.2, -0.15) is 4.98 Å². The summed E-state index contributed by atoms with van der Waals surface area (Å²) >= 11 is 0. The molecule has 0 aliphatic heterocycles. The molecule has 0 spiro atoms. The van der Waals surface area contributed by atoms with Gasteiger partial charge in [-0.3, -0.25) is 4.99 Å². The van der Waals surface area contributed by atoms with Crippen LogP contribution in [-0.4, -0.2) is 35.7 Å². The van der Waals surface area contributed by atoms with Crippen LogP contribution in [0.2, 0.25) is 0 Å². The number of guanidine groups is 1. The Labute approximate surface area is 143 Å². The zero-order valence-electron chi connectivity index (χ0n) is 14.4. The molecule has 2 N–H and O–H groups in total. The average Bonchev–Trinajstić information content (AvgIpc) is 3.09. The molecule has 2 rings (SSSR count). The molecule has 128 valence electrons. The predicted molar refractivity (Wildman–Crippen MR) is 97.0 cm³/mol. The fourth-order valence-electron chi connectivity index (χ4n) is 2.14. The highest BCUT2D eigenvalue weighted by atomic mass is 16.5. The van der Waals surface area contributed by atoms with Crippen molar-refractivity contribution in [1.29, 1.82) is 0 Å². The second kappa shape index (κ2) is 9.50. The third kappa shape index (κ3) is 5.22. The maximum absolute atomic E-state index is 5.25. The van der Waals surface area contributed by atoms with Crippen LogP contribution in [0.3, 0.4) is 0 Å². The lowest BCUT2D eigenvalue weighted by atomic mass is 10.1. The summed E-state index contributed by atoms with van der Waals surface area (Å²) in [6.07, 6.45) is 3.45. The summed E-state index contributed by atoms with van der Waals surface area (Å²) in [5.74, 6) is 2.11. The number of benzene rings is 1. The summed E-state index contributed by atoms with van der Waals surface area (Å²) in [5.41, 5.74) is 2.16. The van der Waals surface area contributed by atoms with E-state index in [4.69, 9.17) is 4.52 Å². The molecule has 6 nitrogen and oxygen atoms in total. The first-order valence-electron chi connectivity index (χ1n) is 8.31. The highest BCUT2D eigenvalue weighted by molar-refractivity contribution is 5.79. The zero-order chi connectivity index (χ0) is 17.2. The molecule has 24 heavy (non-hydrogen) atoms. The summed E-state index contributed by atoms with van der Waals surface area (Å²) in [4.78, 5) is 8.89. The number of rotatable bonds is 8. The van der Waals surface area contributed by atoms with Gasteiger partial charge >= 0.3 is 0 Å². The van der Waals surface area contributed by atoms with E-state index in [0.29, 0.717) is 19.0 Å². The van der Waals surface area contributed by atoms with Gasteiger partial charge in [-0.1, -0.05) is 30.3 Å². The van der Waals surface area contributed by atoms with Crippen LogP contribution in [0, 0.1) is 0 Å². The lowest BCUT2D eigenvalue weighted by Gasteiger charge is -2.09. The molecule has 0 amide bonds. The number of aryl methyl sites for hydroxylation is 1. The molecule has 0 aliphatic carbocycles. The predicted octanol–water partition coefficient (Wildman–Crippen LogP) is 2.58. The zero-order valence-corrected chi connectivity index (χ0v) is 14.4. The first kappa shape index (κ1) is 17.7. The van der Waals surface area contributed by atoms with Gasteiger partial charge < -0.3 is 15.2 Å². The largest absolute Gasteiger partial charge is 0.357 e. The maximum atomic E-state index is 5.25. The van der Waals surface area contributed by atoms with Gasteiger partial charge in [0.15, 0.2) is 11.8 Å². The highest BCUT2D eigenvalue weighted by Gasteiger charge is 2.07. The van der Waals surface area contributed by atoms with E-state index in [0.717, 1.165) is 36.7 Å². The third-order valence-electron chi connectivity index (χ3n) is 3.41. The smallest absolute Gasteiger partial charge is 0.257 e. The minimum atomic E-state index is 0.569. The molecule has 1 aromatic carbocycles. The van der Waals surface area contributed by atoms with Crippen molar-refractivity contribution >= 4 is 5.96 Å². The molecule has 0 radical (unpaired) electrons. The fraction of sp³-hybridized carbons (Fsp3) is 0.389. The van der Waals surface area contributed by atoms with Crippen LogP contribution in [0.1, 0.15) is 25.2 Å². The summed E-state index contributed by atoms with van der Waals surface area (Å²) in [5, 5.41) is 10.3. The molecule has 0 saturated carbocycles. The lowest BCUT2D eigenvalue weighted by molar-refractivity contribution is 0.423. The van der Waals surface area contributed by atoms with E-state index in [1.165, 1.54) is 5.56 Å². The van der Waals surface area contributed by atoms with Crippen molar-refractivity contribution in [2.45, 2.75) is 26.7 Å². The molecule has 1 aromatic heterocycles. The molecule has 0 fully saturated rings. The SMILES string of the molecule is C=CCNC(=NCCc1ccc(-c2nc(CC)no2)cc1)NCC. The molecule has 0 saturated heterocycles. The minimum Gasteiger partial charge on any atom is -0.357 e. The van der Waals surface area contributed by atoms with Crippen LogP contribution < -0.4 is 10.6 Å². The van der Waals surface area contributed by atoms with Crippen LogP contribution in [0.25, 0.3) is 11.5 Å². The van der Waals surface area contributed by atoms with Crippen molar-refractivity contribution in [3.05, 3.63) is 48.3 Å². The molecule has 0 aliphatic rings. The summed E-state index contributed by atoms with van der Waals surface area (Å²) in [6.45, 7) is 10.00. The number of aliphatic imine (C=N–C) groups is 1. The topological polar surface area (TPSA) is 75.3 Å². The van der Waals surface area contributed by atoms with Crippen LogP contribution in [0.4, 0.5) is 0 Å². The first-order valence-corrected chi connectivity index (χ1v) is 8.31.